The van der Waals surface area contributed by atoms with Crippen LogP contribution in [0.5, 0.6) is 0 Å². The highest BCUT2D eigenvalue weighted by molar-refractivity contribution is 6.74. The van der Waals surface area contributed by atoms with E-state index in [2.05, 4.69) is 33.9 Å². The van der Waals surface area contributed by atoms with Crippen LogP contribution < -0.4 is 0 Å². The Morgan fingerprint density at radius 2 is 1.67 bits per heavy atom. The van der Waals surface area contributed by atoms with Gasteiger partial charge in [-0.2, -0.15) is 0 Å². The normalized spacial score (nSPS) is 36.0. The molecule has 0 radical (unpaired) electrons. The molecule has 2 heterocycles. The Labute approximate surface area is 129 Å². The lowest BCUT2D eigenvalue weighted by Crippen LogP contribution is -2.44. The zero-order chi connectivity index (χ0) is 16.1. The van der Waals surface area contributed by atoms with Crippen LogP contribution in [0.15, 0.2) is 0 Å². The second kappa shape index (κ2) is 5.58. The smallest absolute Gasteiger partial charge is 0.192 e. The predicted molar refractivity (Wildman–Crippen MR) is 82.6 cm³/mol. The van der Waals surface area contributed by atoms with Gasteiger partial charge in [0.2, 0.25) is 0 Å². The van der Waals surface area contributed by atoms with Gasteiger partial charge in [-0.05, 0) is 32.0 Å². The van der Waals surface area contributed by atoms with Crippen LogP contribution in [0.4, 0.5) is 0 Å². The Morgan fingerprint density at radius 3 is 2.19 bits per heavy atom. The molecule has 5 nitrogen and oxygen atoms in total. The summed E-state index contributed by atoms with van der Waals surface area (Å²) in [6.07, 6.45) is -0.839. The maximum atomic E-state index is 6.27. The van der Waals surface area contributed by atoms with Crippen LogP contribution in [0.2, 0.25) is 18.1 Å². The van der Waals surface area contributed by atoms with Crippen LogP contribution in [0.3, 0.4) is 0 Å². The third-order valence-corrected chi connectivity index (χ3v) is 9.25. The molecule has 0 bridgehead atoms. The van der Waals surface area contributed by atoms with Gasteiger partial charge in [0.1, 0.15) is 18.3 Å². The second-order valence-electron chi connectivity index (χ2n) is 7.91. The maximum Gasteiger partial charge on any atom is 0.192 e. The van der Waals surface area contributed by atoms with E-state index in [0.29, 0.717) is 6.61 Å². The highest BCUT2D eigenvalue weighted by atomic mass is 28.4. The van der Waals surface area contributed by atoms with Crippen LogP contribution in [-0.2, 0) is 23.4 Å². The minimum atomic E-state index is -1.80. The fourth-order valence-corrected chi connectivity index (χ4v) is 3.49. The summed E-state index contributed by atoms with van der Waals surface area (Å²) in [5.74, 6) is -0.592. The summed E-state index contributed by atoms with van der Waals surface area (Å²) < 4.78 is 29.4. The number of ether oxygens (including phenoxy) is 4. The molecule has 2 aliphatic heterocycles. The van der Waals surface area contributed by atoms with Crippen molar-refractivity contribution < 1.29 is 23.4 Å². The fourth-order valence-electron chi connectivity index (χ4n) is 2.47. The largest absolute Gasteiger partial charge is 0.414 e. The molecule has 0 spiro atoms. The molecule has 0 N–H and O–H groups in total. The summed E-state index contributed by atoms with van der Waals surface area (Å²) in [7, 11) is -0.169. The molecule has 0 aliphatic carbocycles. The zero-order valence-electron chi connectivity index (χ0n) is 14.6. The van der Waals surface area contributed by atoms with Gasteiger partial charge >= 0.3 is 0 Å². The van der Waals surface area contributed by atoms with E-state index in [0.717, 1.165) is 0 Å². The van der Waals surface area contributed by atoms with Gasteiger partial charge in [0, 0.05) is 7.11 Å². The Bertz CT molecular complexity index is 377. The van der Waals surface area contributed by atoms with E-state index >= 15 is 0 Å². The molecule has 4 atom stereocenters. The van der Waals surface area contributed by atoms with Gasteiger partial charge < -0.3 is 23.4 Å². The van der Waals surface area contributed by atoms with Gasteiger partial charge in [-0.15, -0.1) is 0 Å². The highest BCUT2D eigenvalue weighted by Crippen LogP contribution is 2.41. The maximum absolute atomic E-state index is 6.27. The fraction of sp³-hybridized carbons (Fsp3) is 1.00. The molecule has 6 heteroatoms. The van der Waals surface area contributed by atoms with Gasteiger partial charge in [0.05, 0.1) is 6.61 Å². The second-order valence-corrected chi connectivity index (χ2v) is 12.7. The Hall–Kier alpha value is 0.0169. The van der Waals surface area contributed by atoms with Gasteiger partial charge in [0.25, 0.3) is 0 Å². The SMILES string of the molecule is CO[C@@H]1O[C@H](CO[Si](C)(C)C(C)(C)C)[C@H]2OC(C)(C)O[C@@H]12. The van der Waals surface area contributed by atoms with Crippen LogP contribution in [-0.4, -0.2) is 52.4 Å². The van der Waals surface area contributed by atoms with Crippen molar-refractivity contribution in [3.63, 3.8) is 0 Å². The molecule has 2 aliphatic rings. The van der Waals surface area contributed by atoms with Crippen molar-refractivity contribution in [3.05, 3.63) is 0 Å². The van der Waals surface area contributed by atoms with Gasteiger partial charge in [-0.3, -0.25) is 0 Å². The first-order valence-electron chi connectivity index (χ1n) is 7.65. The topological polar surface area (TPSA) is 46.2 Å². The minimum Gasteiger partial charge on any atom is -0.414 e. The molecule has 21 heavy (non-hydrogen) atoms. The molecule has 0 aromatic heterocycles. The van der Waals surface area contributed by atoms with Gasteiger partial charge in [-0.25, -0.2) is 0 Å². The molecule has 0 saturated carbocycles. The van der Waals surface area contributed by atoms with Crippen molar-refractivity contribution in [2.24, 2.45) is 0 Å². The van der Waals surface area contributed by atoms with Crippen molar-refractivity contribution in [2.45, 2.75) is 83.1 Å². The van der Waals surface area contributed by atoms with Crippen LogP contribution >= 0.6 is 0 Å². The standard InChI is InChI=1S/C15H30O5Si/c1-14(2,3)21(7,8)17-9-10-11-12(13(16-6)18-10)20-15(4,5)19-11/h10-13H,9H2,1-8H3/t10-,11-,12-,13-/m1/s1. The Morgan fingerprint density at radius 1 is 1.10 bits per heavy atom. The van der Waals surface area contributed by atoms with Crippen molar-refractivity contribution in [2.75, 3.05) is 13.7 Å². The molecular formula is C15H30O5Si. The first-order valence-corrected chi connectivity index (χ1v) is 10.6. The lowest BCUT2D eigenvalue weighted by atomic mass is 10.1. The molecular weight excluding hydrogens is 288 g/mol. The molecule has 124 valence electrons. The van der Waals surface area contributed by atoms with Gasteiger partial charge in [0.15, 0.2) is 20.4 Å². The van der Waals surface area contributed by atoms with E-state index < -0.39 is 14.1 Å². The van der Waals surface area contributed by atoms with Crippen molar-refractivity contribution in [1.82, 2.24) is 0 Å². The third-order valence-electron chi connectivity index (χ3n) is 4.75. The van der Waals surface area contributed by atoms with Crippen molar-refractivity contribution >= 4 is 8.32 Å². The summed E-state index contributed by atoms with van der Waals surface area (Å²) in [4.78, 5) is 0. The van der Waals surface area contributed by atoms with Crippen LogP contribution in [0, 0.1) is 0 Å². The number of hydrogen-bond acceptors (Lipinski definition) is 5. The number of fused-ring (bicyclic) bond motifs is 1. The van der Waals surface area contributed by atoms with Crippen molar-refractivity contribution in [1.29, 1.82) is 0 Å². The van der Waals surface area contributed by atoms with E-state index in [9.17, 15) is 0 Å². The summed E-state index contributed by atoms with van der Waals surface area (Å²) in [5.41, 5.74) is 0. The summed E-state index contributed by atoms with van der Waals surface area (Å²) >= 11 is 0. The average molecular weight is 318 g/mol. The Kier molecular flexibility index (Phi) is 4.62. The highest BCUT2D eigenvalue weighted by Gasteiger charge is 2.56. The molecule has 0 aromatic rings. The molecule has 2 fully saturated rings. The predicted octanol–water partition coefficient (Wildman–Crippen LogP) is 2.90. The van der Waals surface area contributed by atoms with E-state index in [1.165, 1.54) is 0 Å². The monoisotopic (exact) mass is 318 g/mol. The molecule has 0 aromatic carbocycles. The first-order chi connectivity index (χ1) is 9.47. The Balaban J connectivity index is 2.01. The first kappa shape index (κ1) is 17.4. The summed E-state index contributed by atoms with van der Waals surface area (Å²) in [6, 6.07) is 0. The summed E-state index contributed by atoms with van der Waals surface area (Å²) in [5, 5.41) is 0.179. The average Bonchev–Trinajstić information content (AvgIpc) is 2.78. The van der Waals surface area contributed by atoms with Crippen molar-refractivity contribution in [3.8, 4) is 0 Å². The number of methoxy groups -OCH3 is 1. The lowest BCUT2D eigenvalue weighted by Gasteiger charge is -2.37. The number of hydrogen-bond donors (Lipinski definition) is 0. The van der Waals surface area contributed by atoms with Crippen LogP contribution in [0.25, 0.3) is 0 Å². The van der Waals surface area contributed by atoms with Gasteiger partial charge in [-0.1, -0.05) is 20.8 Å². The van der Waals surface area contributed by atoms with E-state index in [1.54, 1.807) is 7.11 Å². The van der Waals surface area contributed by atoms with Crippen LogP contribution in [0.1, 0.15) is 34.6 Å². The lowest BCUT2D eigenvalue weighted by molar-refractivity contribution is -0.229. The molecule has 0 unspecified atom stereocenters. The number of rotatable bonds is 4. The molecule has 2 saturated heterocycles. The summed E-state index contributed by atoms with van der Waals surface area (Å²) in [6.45, 7) is 15.5. The quantitative estimate of drug-likeness (QED) is 0.746. The minimum absolute atomic E-state index is 0.130. The third kappa shape index (κ3) is 3.51. The van der Waals surface area contributed by atoms with E-state index in [4.69, 9.17) is 23.4 Å². The van der Waals surface area contributed by atoms with E-state index in [-0.39, 0.29) is 29.6 Å². The molecule has 0 amide bonds. The zero-order valence-corrected chi connectivity index (χ0v) is 15.6. The molecule has 2 rings (SSSR count). The van der Waals surface area contributed by atoms with E-state index in [1.807, 2.05) is 13.8 Å².